The number of anilines is 1. The molecule has 2 aromatic rings. The van der Waals surface area contributed by atoms with Crippen molar-refractivity contribution < 1.29 is 5.11 Å². The molecular formula is C14H16N2OS. The van der Waals surface area contributed by atoms with E-state index in [4.69, 9.17) is 0 Å². The van der Waals surface area contributed by atoms with Gasteiger partial charge in [0.25, 0.3) is 0 Å². The monoisotopic (exact) mass is 260 g/mol. The molecule has 2 heterocycles. The molecule has 0 aliphatic carbocycles. The van der Waals surface area contributed by atoms with Crippen LogP contribution in [-0.2, 0) is 6.54 Å². The van der Waals surface area contributed by atoms with Crippen molar-refractivity contribution in [1.82, 2.24) is 4.98 Å². The number of fused-ring (bicyclic) bond motifs is 1. The van der Waals surface area contributed by atoms with E-state index in [1.54, 1.807) is 11.3 Å². The number of benzene rings is 1. The Morgan fingerprint density at radius 2 is 2.28 bits per heavy atom. The molecule has 1 atom stereocenters. The summed E-state index contributed by atoms with van der Waals surface area (Å²) in [7, 11) is 0. The van der Waals surface area contributed by atoms with Gasteiger partial charge in [0.05, 0.1) is 12.6 Å². The van der Waals surface area contributed by atoms with Crippen LogP contribution in [0.2, 0.25) is 0 Å². The summed E-state index contributed by atoms with van der Waals surface area (Å²) in [5.41, 5.74) is 3.27. The van der Waals surface area contributed by atoms with Crippen molar-refractivity contribution >= 4 is 17.0 Å². The quantitative estimate of drug-likeness (QED) is 0.902. The van der Waals surface area contributed by atoms with Crippen LogP contribution in [0, 0.1) is 6.92 Å². The summed E-state index contributed by atoms with van der Waals surface area (Å²) in [4.78, 5) is 6.82. The number of nitrogens with zero attached hydrogens (tertiary/aromatic N) is 2. The molecular weight excluding hydrogens is 244 g/mol. The molecule has 1 unspecified atom stereocenters. The van der Waals surface area contributed by atoms with Crippen LogP contribution in [0.15, 0.2) is 29.6 Å². The number of para-hydroxylation sites is 1. The normalized spacial score (nSPS) is 18.8. The molecule has 0 radical (unpaired) electrons. The highest BCUT2D eigenvalue weighted by Crippen LogP contribution is 2.34. The number of hydrogen-bond acceptors (Lipinski definition) is 4. The number of aliphatic hydroxyl groups is 1. The van der Waals surface area contributed by atoms with E-state index >= 15 is 0 Å². The Bertz CT molecular complexity index is 552. The summed E-state index contributed by atoms with van der Waals surface area (Å²) >= 11 is 1.70. The zero-order chi connectivity index (χ0) is 12.5. The fourth-order valence-corrected chi connectivity index (χ4v) is 3.20. The number of aliphatic hydroxyl groups excluding tert-OH is 1. The molecule has 0 saturated carbocycles. The molecule has 4 heteroatoms. The molecule has 0 amide bonds. The zero-order valence-corrected chi connectivity index (χ0v) is 11.2. The van der Waals surface area contributed by atoms with Crippen LogP contribution in [0.1, 0.15) is 28.8 Å². The molecule has 0 spiro atoms. The van der Waals surface area contributed by atoms with Crippen LogP contribution in [0.25, 0.3) is 0 Å². The largest absolute Gasteiger partial charge is 0.388 e. The Hall–Kier alpha value is -1.39. The van der Waals surface area contributed by atoms with Gasteiger partial charge in [-0.05, 0) is 19.4 Å². The van der Waals surface area contributed by atoms with Crippen molar-refractivity contribution in [2.45, 2.75) is 26.0 Å². The lowest BCUT2D eigenvalue weighted by atomic mass is 9.99. The van der Waals surface area contributed by atoms with Gasteiger partial charge in [0.1, 0.15) is 5.01 Å². The van der Waals surface area contributed by atoms with Crippen molar-refractivity contribution in [3.05, 3.63) is 45.9 Å². The summed E-state index contributed by atoms with van der Waals surface area (Å²) in [6.07, 6.45) is 0.469. The van der Waals surface area contributed by atoms with Crippen LogP contribution in [-0.4, -0.2) is 16.6 Å². The van der Waals surface area contributed by atoms with E-state index in [0.717, 1.165) is 41.5 Å². The van der Waals surface area contributed by atoms with Crippen LogP contribution in [0.5, 0.6) is 0 Å². The Morgan fingerprint density at radius 1 is 1.44 bits per heavy atom. The third kappa shape index (κ3) is 2.13. The maximum atomic E-state index is 10.0. The lowest BCUT2D eigenvalue weighted by molar-refractivity contribution is 0.164. The topological polar surface area (TPSA) is 36.4 Å². The van der Waals surface area contributed by atoms with Gasteiger partial charge in [-0.25, -0.2) is 4.98 Å². The Balaban J connectivity index is 1.88. The number of aromatic nitrogens is 1. The molecule has 18 heavy (non-hydrogen) atoms. The van der Waals surface area contributed by atoms with Gasteiger partial charge in [-0.15, -0.1) is 11.3 Å². The predicted octanol–water partition coefficient (Wildman–Crippen LogP) is 2.90. The van der Waals surface area contributed by atoms with E-state index in [2.05, 4.69) is 21.3 Å². The lowest BCUT2D eigenvalue weighted by Gasteiger charge is -2.33. The van der Waals surface area contributed by atoms with Crippen molar-refractivity contribution in [2.24, 2.45) is 0 Å². The summed E-state index contributed by atoms with van der Waals surface area (Å²) in [5, 5.41) is 13.2. The van der Waals surface area contributed by atoms with E-state index in [-0.39, 0.29) is 6.10 Å². The summed E-state index contributed by atoms with van der Waals surface area (Å²) in [6, 6.07) is 8.10. The highest BCUT2D eigenvalue weighted by molar-refractivity contribution is 7.09. The molecule has 94 valence electrons. The molecule has 1 aromatic carbocycles. The van der Waals surface area contributed by atoms with Crippen molar-refractivity contribution in [1.29, 1.82) is 0 Å². The average Bonchev–Trinajstić information content (AvgIpc) is 2.79. The molecule has 1 aliphatic heterocycles. The third-order valence-electron chi connectivity index (χ3n) is 3.30. The first-order chi connectivity index (χ1) is 8.74. The van der Waals surface area contributed by atoms with Gasteiger partial charge in [-0.3, -0.25) is 0 Å². The summed E-state index contributed by atoms with van der Waals surface area (Å²) in [6.45, 7) is 3.74. The number of hydrogen-bond donors (Lipinski definition) is 1. The Labute approximate surface area is 111 Å². The van der Waals surface area contributed by atoms with Crippen LogP contribution < -0.4 is 4.90 Å². The van der Waals surface area contributed by atoms with Crippen LogP contribution in [0.3, 0.4) is 0 Å². The predicted molar refractivity (Wildman–Crippen MR) is 73.9 cm³/mol. The van der Waals surface area contributed by atoms with E-state index in [1.807, 2.05) is 25.1 Å². The highest BCUT2D eigenvalue weighted by Gasteiger charge is 2.23. The first-order valence-electron chi connectivity index (χ1n) is 6.17. The zero-order valence-electron chi connectivity index (χ0n) is 10.3. The minimum absolute atomic E-state index is 0.324. The van der Waals surface area contributed by atoms with E-state index in [9.17, 15) is 5.11 Å². The van der Waals surface area contributed by atoms with Gasteiger partial charge in [0.2, 0.25) is 0 Å². The number of aryl methyl sites for hydroxylation is 1. The molecule has 0 bridgehead atoms. The van der Waals surface area contributed by atoms with Gasteiger partial charge < -0.3 is 10.0 Å². The smallest absolute Gasteiger partial charge is 0.112 e. The fourth-order valence-electron chi connectivity index (χ4n) is 2.41. The second-order valence-corrected chi connectivity index (χ2v) is 5.61. The summed E-state index contributed by atoms with van der Waals surface area (Å²) < 4.78 is 0. The van der Waals surface area contributed by atoms with Gasteiger partial charge in [0, 0.05) is 28.9 Å². The molecule has 0 fully saturated rings. The summed E-state index contributed by atoms with van der Waals surface area (Å²) in [5.74, 6) is 0. The maximum Gasteiger partial charge on any atom is 0.112 e. The van der Waals surface area contributed by atoms with E-state index in [0.29, 0.717) is 0 Å². The van der Waals surface area contributed by atoms with Gasteiger partial charge in [-0.1, -0.05) is 18.2 Å². The minimum atomic E-state index is -0.324. The van der Waals surface area contributed by atoms with Gasteiger partial charge in [-0.2, -0.15) is 0 Å². The first-order valence-corrected chi connectivity index (χ1v) is 7.05. The first kappa shape index (κ1) is 11.7. The second kappa shape index (κ2) is 4.71. The second-order valence-electron chi connectivity index (χ2n) is 4.67. The Morgan fingerprint density at radius 3 is 3.06 bits per heavy atom. The van der Waals surface area contributed by atoms with E-state index in [1.165, 1.54) is 0 Å². The molecule has 3 rings (SSSR count). The fraction of sp³-hybridized carbons (Fsp3) is 0.357. The SMILES string of the molecule is Cc1csc(CN2CCC(O)c3ccccc32)n1. The van der Waals surface area contributed by atoms with Crippen LogP contribution in [0.4, 0.5) is 5.69 Å². The third-order valence-corrected chi connectivity index (χ3v) is 4.25. The molecule has 1 aromatic heterocycles. The minimum Gasteiger partial charge on any atom is -0.388 e. The lowest BCUT2D eigenvalue weighted by Crippen LogP contribution is -2.30. The average molecular weight is 260 g/mol. The van der Waals surface area contributed by atoms with Crippen molar-refractivity contribution in [3.63, 3.8) is 0 Å². The molecule has 3 nitrogen and oxygen atoms in total. The number of thiazole rings is 1. The van der Waals surface area contributed by atoms with Gasteiger partial charge in [0.15, 0.2) is 0 Å². The maximum absolute atomic E-state index is 10.0. The van der Waals surface area contributed by atoms with E-state index < -0.39 is 0 Å². The standard InChI is InChI=1S/C14H16N2OS/c1-10-9-18-14(15-10)8-16-7-6-13(17)11-4-2-3-5-12(11)16/h2-5,9,13,17H,6-8H2,1H3. The van der Waals surface area contributed by atoms with Crippen molar-refractivity contribution in [3.8, 4) is 0 Å². The van der Waals surface area contributed by atoms with Crippen molar-refractivity contribution in [2.75, 3.05) is 11.4 Å². The van der Waals surface area contributed by atoms with Crippen LogP contribution >= 0.6 is 11.3 Å². The molecule has 1 N–H and O–H groups in total. The molecule has 1 aliphatic rings. The highest BCUT2D eigenvalue weighted by atomic mass is 32.1. The van der Waals surface area contributed by atoms with Gasteiger partial charge >= 0.3 is 0 Å². The molecule has 0 saturated heterocycles. The Kier molecular flexibility index (Phi) is 3.06. The number of rotatable bonds is 2.